The summed E-state index contributed by atoms with van der Waals surface area (Å²) in [5, 5.41) is 4.74. The van der Waals surface area contributed by atoms with Crippen LogP contribution in [0, 0.1) is 34.5 Å². The van der Waals surface area contributed by atoms with E-state index in [1.54, 1.807) is 0 Å². The molecule has 260 valence electrons. The van der Waals surface area contributed by atoms with Crippen LogP contribution in [0.25, 0.3) is 0 Å². The first kappa shape index (κ1) is 52.3. The smallest absolute Gasteiger partial charge is 0.0777 e. The van der Waals surface area contributed by atoms with Crippen LogP contribution in [0.2, 0.25) is 0 Å². The molecule has 0 fully saturated rings. The van der Waals surface area contributed by atoms with E-state index in [0.29, 0.717) is 0 Å². The fourth-order valence-corrected chi connectivity index (χ4v) is 7.19. The zero-order valence-corrected chi connectivity index (χ0v) is 38.9. The van der Waals surface area contributed by atoms with Gasteiger partial charge in [0.1, 0.15) is 0 Å². The summed E-state index contributed by atoms with van der Waals surface area (Å²) in [4.78, 5) is 0. The van der Waals surface area contributed by atoms with Gasteiger partial charge in [0.25, 0.3) is 0 Å². The maximum absolute atomic E-state index is 8.60. The number of halogens is 1. The number of ether oxygens (including phenoxy) is 2. The van der Waals surface area contributed by atoms with Crippen molar-refractivity contribution in [3.05, 3.63) is 97.1 Å². The summed E-state index contributed by atoms with van der Waals surface area (Å²) in [6, 6.07) is 37.0. The molecule has 0 bridgehead atoms. The Bertz CT molecular complexity index is 1220. The third-order valence-corrected chi connectivity index (χ3v) is 10.4. The number of hydrogen-bond donors (Lipinski definition) is 1. The van der Waals surface area contributed by atoms with Gasteiger partial charge < -0.3 is 9.47 Å². The van der Waals surface area contributed by atoms with Gasteiger partial charge in [0.15, 0.2) is 0 Å². The summed E-state index contributed by atoms with van der Waals surface area (Å²) < 4.78 is 45.0. The third-order valence-electron chi connectivity index (χ3n) is 5.42. The van der Waals surface area contributed by atoms with Gasteiger partial charge in [-0.05, 0) is 53.3 Å². The van der Waals surface area contributed by atoms with Crippen molar-refractivity contribution < 1.29 is 119 Å². The minimum Gasteiger partial charge on any atom is -0.574 e. The van der Waals surface area contributed by atoms with Crippen molar-refractivity contribution in [3.8, 4) is 23.0 Å². The molecule has 15 heteroatoms. The van der Waals surface area contributed by atoms with E-state index < -0.39 is 10.2 Å². The zero-order valence-electron chi connectivity index (χ0n) is 27.1. The van der Waals surface area contributed by atoms with Gasteiger partial charge in [-0.25, -0.2) is 0 Å². The Hall–Kier alpha value is 0.927. The number of benzene rings is 4. The maximum Gasteiger partial charge on any atom is 0.0777 e. The molecule has 0 atom stereocenters. The van der Waals surface area contributed by atoms with Gasteiger partial charge in [0.2, 0.25) is 0 Å². The van der Waals surface area contributed by atoms with Gasteiger partial charge in [0.05, 0.1) is 14.9 Å². The van der Waals surface area contributed by atoms with Gasteiger partial charge >= 0.3 is 0 Å². The first-order chi connectivity index (χ1) is 20.2. The van der Waals surface area contributed by atoms with E-state index in [1.165, 1.54) is 21.2 Å². The standard InChI is InChI=1S/2C16H18OP2.ClHO4.4Tc/c2*1-18(2)15-11-7-5-9-13(15)17-14-10-6-8-12-16(14)19(3)4;2-1(3,4)5;;;;/h2*5-10H,1-4H3;(H,2,3,4,5);;;;/q2*-2;;;;;. The topological polar surface area (TPSA) is 108 Å². The minimum absolute atomic E-state index is 0. The van der Waals surface area contributed by atoms with E-state index in [2.05, 4.69) is 77.6 Å². The van der Waals surface area contributed by atoms with Gasteiger partial charge in [0, 0.05) is 103 Å². The Labute approximate surface area is 341 Å². The maximum atomic E-state index is 8.60. The largest absolute Gasteiger partial charge is 0.574 e. The molecule has 4 aromatic carbocycles. The number of rotatable bonds is 8. The second-order valence-electron chi connectivity index (χ2n) is 9.71. The van der Waals surface area contributed by atoms with Crippen molar-refractivity contribution >= 4 is 52.9 Å². The molecule has 0 saturated carbocycles. The van der Waals surface area contributed by atoms with Crippen LogP contribution in [0.1, 0.15) is 0 Å². The molecule has 0 aromatic heterocycles. The molecule has 1 N–H and O–H groups in total. The van der Waals surface area contributed by atoms with E-state index in [1.807, 2.05) is 72.8 Å². The molecule has 6 nitrogen and oxygen atoms in total. The molecule has 0 spiro atoms. The Morgan fingerprint density at radius 1 is 0.468 bits per heavy atom. The van der Waals surface area contributed by atoms with Crippen LogP contribution in [-0.2, 0) is 80.4 Å². The molecular weight excluding hydrogens is 1030 g/mol. The molecule has 4 rings (SSSR count). The average molecular weight is 1070 g/mol. The van der Waals surface area contributed by atoms with Crippen molar-refractivity contribution in [2.75, 3.05) is 53.3 Å². The van der Waals surface area contributed by atoms with Crippen molar-refractivity contribution in [2.24, 2.45) is 0 Å². The molecular formula is C32H37ClO6P4Tc4-4. The molecule has 0 aliphatic heterocycles. The first-order valence-corrected chi connectivity index (χ1v) is 23.1. The number of hydrogen-bond acceptors (Lipinski definition) is 6. The fraction of sp³-hybridized carbons (Fsp3) is 0.250. The Kier molecular flexibility index (Phi) is 29.7. The van der Waals surface area contributed by atoms with Crippen molar-refractivity contribution in [2.45, 2.75) is 0 Å². The molecule has 4 radical (unpaired) electrons. The van der Waals surface area contributed by atoms with Crippen LogP contribution in [0.15, 0.2) is 72.8 Å². The molecule has 47 heavy (non-hydrogen) atoms. The molecule has 0 heterocycles. The van der Waals surface area contributed by atoms with Crippen LogP contribution >= 0.6 is 31.7 Å². The van der Waals surface area contributed by atoms with E-state index in [4.69, 9.17) is 28.1 Å². The zero-order chi connectivity index (χ0) is 32.2. The van der Waals surface area contributed by atoms with E-state index in [0.717, 1.165) is 23.0 Å². The van der Waals surface area contributed by atoms with Crippen LogP contribution in [0.4, 0.5) is 0 Å². The quantitative estimate of drug-likeness (QED) is 0.214. The molecule has 0 aliphatic rings. The summed E-state index contributed by atoms with van der Waals surface area (Å²) in [6.45, 7) is 17.8. The first-order valence-electron chi connectivity index (χ1n) is 12.9. The van der Waals surface area contributed by atoms with Gasteiger partial charge in [-0.2, -0.15) is 86.8 Å². The van der Waals surface area contributed by atoms with Crippen LogP contribution in [0.5, 0.6) is 23.0 Å². The van der Waals surface area contributed by atoms with Crippen molar-refractivity contribution in [1.82, 2.24) is 0 Å². The Balaban J connectivity index is -0.000000670. The summed E-state index contributed by atoms with van der Waals surface area (Å²) in [5.41, 5.74) is 0. The fourth-order valence-electron chi connectivity index (χ4n) is 3.61. The Morgan fingerprint density at radius 2 is 0.638 bits per heavy atom. The monoisotopic (exact) mass is 1060 g/mol. The normalized spacial score (nSPS) is 10.2. The van der Waals surface area contributed by atoms with Crippen LogP contribution < -0.4 is 44.7 Å². The Morgan fingerprint density at radius 3 is 0.787 bits per heavy atom. The van der Waals surface area contributed by atoms with Gasteiger partial charge in [-0.3, -0.25) is 0 Å². The van der Waals surface area contributed by atoms with Crippen molar-refractivity contribution in [3.63, 3.8) is 0 Å². The van der Waals surface area contributed by atoms with Gasteiger partial charge in [-0.15, -0.1) is 56.0 Å². The van der Waals surface area contributed by atoms with E-state index in [-0.39, 0.29) is 112 Å². The average Bonchev–Trinajstić information content (AvgIpc) is 2.93. The summed E-state index contributed by atoms with van der Waals surface area (Å²) in [6.07, 6.45) is 0. The molecule has 0 saturated heterocycles. The summed E-state index contributed by atoms with van der Waals surface area (Å²) >= 11 is 0. The molecule has 0 aliphatic carbocycles. The predicted octanol–water partition coefficient (Wildman–Crippen LogP) is 3.49. The second kappa shape index (κ2) is 26.7. The van der Waals surface area contributed by atoms with Crippen LogP contribution in [-0.4, -0.2) is 58.0 Å². The predicted molar refractivity (Wildman–Crippen MR) is 177 cm³/mol. The second-order valence-corrected chi connectivity index (χ2v) is 19.4. The molecule has 4 aromatic rings. The third kappa shape index (κ3) is 19.9. The van der Waals surface area contributed by atoms with Gasteiger partial charge in [-0.1, -0.05) is 21.2 Å². The summed E-state index contributed by atoms with van der Waals surface area (Å²) in [7, 11) is -5.59. The summed E-state index contributed by atoms with van der Waals surface area (Å²) in [5.74, 6) is 3.71. The SMILES string of the molecule is CP(C)c1[c-]cccc1Oc1ccc[c-]c1P(C)C.CP(C)c1[c-]cccc1Oc1ccc[c-]c1P(C)C.[O-][Cl+3]([O-])([O-])O.[Tc].[Tc].[Tc].[Tc]. The molecule has 0 amide bonds. The van der Waals surface area contributed by atoms with E-state index >= 15 is 0 Å². The van der Waals surface area contributed by atoms with Crippen LogP contribution in [0.3, 0.4) is 0 Å². The minimum atomic E-state index is -4.69. The molecule has 0 unspecified atom stereocenters. The van der Waals surface area contributed by atoms with E-state index in [9.17, 15) is 0 Å². The van der Waals surface area contributed by atoms with Crippen molar-refractivity contribution in [1.29, 1.82) is 0 Å².